The fourth-order valence-electron chi connectivity index (χ4n) is 2.17. The summed E-state index contributed by atoms with van der Waals surface area (Å²) in [5.41, 5.74) is 0.0903. The molecular formula is C16H18ClNO3S. The molecule has 0 radical (unpaired) electrons. The minimum Gasteiger partial charge on any atom is -0.495 e. The number of halogens is 1. The third-order valence-corrected chi connectivity index (χ3v) is 5.21. The van der Waals surface area contributed by atoms with Gasteiger partial charge in [-0.2, -0.15) is 0 Å². The molecule has 2 rings (SSSR count). The van der Waals surface area contributed by atoms with Crippen LogP contribution in [0.4, 0.5) is 0 Å². The molecule has 6 heteroatoms. The number of sulfonamides is 1. The van der Waals surface area contributed by atoms with Crippen LogP contribution in [0.5, 0.6) is 5.75 Å². The fraction of sp³-hybridized carbons (Fsp3) is 0.250. The highest BCUT2D eigenvalue weighted by atomic mass is 35.5. The second-order valence-corrected chi connectivity index (χ2v) is 7.48. The smallest absolute Gasteiger partial charge is 0.245 e. The Morgan fingerprint density at radius 3 is 2.32 bits per heavy atom. The van der Waals surface area contributed by atoms with Crippen molar-refractivity contribution in [2.24, 2.45) is 0 Å². The van der Waals surface area contributed by atoms with E-state index in [2.05, 4.69) is 4.72 Å². The standard InChI is InChI=1S/C16H18ClNO3S/c1-16(2,12-7-5-4-6-8-12)18-22(19,20)15-11-13(17)9-10-14(15)21-3/h4-11,18H,1-3H3. The summed E-state index contributed by atoms with van der Waals surface area (Å²) in [7, 11) is -2.37. The van der Waals surface area contributed by atoms with Gasteiger partial charge < -0.3 is 4.74 Å². The average Bonchev–Trinajstić information content (AvgIpc) is 2.47. The number of benzene rings is 2. The van der Waals surface area contributed by atoms with E-state index in [0.29, 0.717) is 5.02 Å². The van der Waals surface area contributed by atoms with Gasteiger partial charge in [-0.15, -0.1) is 0 Å². The highest BCUT2D eigenvalue weighted by molar-refractivity contribution is 7.89. The third-order valence-electron chi connectivity index (χ3n) is 3.30. The third kappa shape index (κ3) is 3.61. The molecule has 0 saturated carbocycles. The molecule has 2 aromatic rings. The van der Waals surface area contributed by atoms with E-state index in [1.54, 1.807) is 19.9 Å². The van der Waals surface area contributed by atoms with Crippen molar-refractivity contribution in [1.29, 1.82) is 0 Å². The van der Waals surface area contributed by atoms with Crippen molar-refractivity contribution in [1.82, 2.24) is 4.72 Å². The summed E-state index contributed by atoms with van der Waals surface area (Å²) in [4.78, 5) is 0.0199. The van der Waals surface area contributed by atoms with Gasteiger partial charge >= 0.3 is 0 Å². The molecule has 118 valence electrons. The maximum absolute atomic E-state index is 12.7. The van der Waals surface area contributed by atoms with E-state index in [4.69, 9.17) is 16.3 Å². The molecule has 0 amide bonds. The van der Waals surface area contributed by atoms with Crippen LogP contribution in [0.3, 0.4) is 0 Å². The van der Waals surface area contributed by atoms with Crippen LogP contribution in [0.15, 0.2) is 53.4 Å². The normalized spacial score (nSPS) is 12.2. The monoisotopic (exact) mass is 339 g/mol. The van der Waals surface area contributed by atoms with Crippen molar-refractivity contribution in [3.8, 4) is 5.75 Å². The van der Waals surface area contributed by atoms with Gasteiger partial charge in [-0.3, -0.25) is 0 Å². The van der Waals surface area contributed by atoms with Crippen molar-refractivity contribution < 1.29 is 13.2 Å². The summed E-state index contributed by atoms with van der Waals surface area (Å²) in [6.45, 7) is 3.60. The van der Waals surface area contributed by atoms with Crippen molar-refractivity contribution in [3.63, 3.8) is 0 Å². The van der Waals surface area contributed by atoms with E-state index in [-0.39, 0.29) is 10.6 Å². The largest absolute Gasteiger partial charge is 0.495 e. The molecule has 0 aromatic heterocycles. The predicted molar refractivity (Wildman–Crippen MR) is 87.8 cm³/mol. The van der Waals surface area contributed by atoms with Crippen molar-refractivity contribution in [2.45, 2.75) is 24.3 Å². The summed E-state index contributed by atoms with van der Waals surface area (Å²) in [5, 5.41) is 0.332. The van der Waals surface area contributed by atoms with Gasteiger partial charge in [0.05, 0.1) is 12.6 Å². The zero-order chi connectivity index (χ0) is 16.4. The van der Waals surface area contributed by atoms with E-state index in [1.165, 1.54) is 19.2 Å². The van der Waals surface area contributed by atoms with Crippen LogP contribution < -0.4 is 9.46 Å². The second kappa shape index (κ2) is 6.28. The Labute approximate surface area is 136 Å². The molecule has 0 spiro atoms. The molecule has 0 aliphatic carbocycles. The number of ether oxygens (including phenoxy) is 1. The van der Waals surface area contributed by atoms with Gasteiger partial charge in [0.2, 0.25) is 10.0 Å². The Morgan fingerprint density at radius 2 is 1.73 bits per heavy atom. The van der Waals surface area contributed by atoms with Gasteiger partial charge in [0, 0.05) is 5.02 Å². The lowest BCUT2D eigenvalue weighted by Crippen LogP contribution is -2.41. The Kier molecular flexibility index (Phi) is 4.80. The Morgan fingerprint density at radius 1 is 1.09 bits per heavy atom. The van der Waals surface area contributed by atoms with Crippen LogP contribution >= 0.6 is 11.6 Å². The van der Waals surface area contributed by atoms with Crippen LogP contribution in [0.1, 0.15) is 19.4 Å². The topological polar surface area (TPSA) is 55.4 Å². The van der Waals surface area contributed by atoms with Crippen LogP contribution in [0.25, 0.3) is 0 Å². The molecule has 0 aliphatic heterocycles. The molecule has 0 heterocycles. The molecule has 0 fully saturated rings. The van der Waals surface area contributed by atoms with Gasteiger partial charge in [-0.1, -0.05) is 41.9 Å². The lowest BCUT2D eigenvalue weighted by atomic mass is 9.96. The van der Waals surface area contributed by atoms with E-state index in [1.807, 2.05) is 30.3 Å². The summed E-state index contributed by atoms with van der Waals surface area (Å²) in [6, 6.07) is 13.9. The maximum Gasteiger partial charge on any atom is 0.245 e. The molecule has 0 bridgehead atoms. The minimum atomic E-state index is -3.79. The lowest BCUT2D eigenvalue weighted by Gasteiger charge is -2.27. The van der Waals surface area contributed by atoms with Crippen molar-refractivity contribution in [3.05, 3.63) is 59.1 Å². The van der Waals surface area contributed by atoms with E-state index in [9.17, 15) is 8.42 Å². The number of rotatable bonds is 5. The molecule has 0 unspecified atom stereocenters. The van der Waals surface area contributed by atoms with E-state index < -0.39 is 15.6 Å². The molecule has 2 aromatic carbocycles. The Hall–Kier alpha value is -1.56. The zero-order valence-electron chi connectivity index (χ0n) is 12.6. The molecule has 4 nitrogen and oxygen atoms in total. The van der Waals surface area contributed by atoms with Gasteiger partial charge in [0.25, 0.3) is 0 Å². The second-order valence-electron chi connectivity index (χ2n) is 5.39. The molecule has 1 N–H and O–H groups in total. The fourth-order valence-corrected chi connectivity index (χ4v) is 4.00. The molecule has 0 atom stereocenters. The molecular weight excluding hydrogens is 322 g/mol. The quantitative estimate of drug-likeness (QED) is 0.906. The summed E-state index contributed by atoms with van der Waals surface area (Å²) < 4.78 is 33.2. The highest BCUT2D eigenvalue weighted by Gasteiger charge is 2.29. The molecule has 0 aliphatic rings. The summed E-state index contributed by atoms with van der Waals surface area (Å²) >= 11 is 5.92. The summed E-state index contributed by atoms with van der Waals surface area (Å²) in [5.74, 6) is 0.251. The number of nitrogens with one attached hydrogen (secondary N) is 1. The average molecular weight is 340 g/mol. The first-order chi connectivity index (χ1) is 10.3. The number of hydrogen-bond donors (Lipinski definition) is 1. The van der Waals surface area contributed by atoms with Gasteiger partial charge in [-0.25, -0.2) is 13.1 Å². The van der Waals surface area contributed by atoms with Crippen LogP contribution in [0, 0.1) is 0 Å². The molecule has 22 heavy (non-hydrogen) atoms. The van der Waals surface area contributed by atoms with Gasteiger partial charge in [0.1, 0.15) is 10.6 Å². The lowest BCUT2D eigenvalue weighted by molar-refractivity contribution is 0.400. The Bertz CT molecular complexity index is 758. The zero-order valence-corrected chi connectivity index (χ0v) is 14.2. The van der Waals surface area contributed by atoms with Crippen LogP contribution in [-0.4, -0.2) is 15.5 Å². The SMILES string of the molecule is COc1ccc(Cl)cc1S(=O)(=O)NC(C)(C)c1ccccc1. The van der Waals surface area contributed by atoms with Crippen molar-refractivity contribution >= 4 is 21.6 Å². The van der Waals surface area contributed by atoms with Crippen LogP contribution in [-0.2, 0) is 15.6 Å². The number of methoxy groups -OCH3 is 1. The first kappa shape index (κ1) is 16.8. The van der Waals surface area contributed by atoms with Gasteiger partial charge in [-0.05, 0) is 37.6 Å². The maximum atomic E-state index is 12.7. The van der Waals surface area contributed by atoms with E-state index >= 15 is 0 Å². The highest BCUT2D eigenvalue weighted by Crippen LogP contribution is 2.29. The minimum absolute atomic E-state index is 0.0199. The van der Waals surface area contributed by atoms with E-state index in [0.717, 1.165) is 5.56 Å². The van der Waals surface area contributed by atoms with Crippen molar-refractivity contribution in [2.75, 3.05) is 7.11 Å². The first-order valence-electron chi connectivity index (χ1n) is 6.69. The van der Waals surface area contributed by atoms with Gasteiger partial charge in [0.15, 0.2) is 0 Å². The summed E-state index contributed by atoms with van der Waals surface area (Å²) in [6.07, 6.45) is 0. The number of hydrogen-bond acceptors (Lipinski definition) is 3. The first-order valence-corrected chi connectivity index (χ1v) is 8.55. The molecule has 0 saturated heterocycles. The van der Waals surface area contributed by atoms with Crippen LogP contribution in [0.2, 0.25) is 5.02 Å². The Balaban J connectivity index is 2.42. The predicted octanol–water partition coefficient (Wildman–Crippen LogP) is 3.56.